The van der Waals surface area contributed by atoms with Crippen LogP contribution in [-0.4, -0.2) is 26.3 Å². The second kappa shape index (κ2) is 5.98. The number of likely N-dealkylation sites (N-methyl/N-ethyl adjacent to an activating group) is 1. The lowest BCUT2D eigenvalue weighted by atomic mass is 9.97. The van der Waals surface area contributed by atoms with E-state index in [1.54, 1.807) is 7.11 Å². The molecule has 0 aromatic heterocycles. The van der Waals surface area contributed by atoms with Crippen LogP contribution < -0.4 is 5.32 Å². The molecule has 1 N–H and O–H groups in total. The van der Waals surface area contributed by atoms with Gasteiger partial charge in [-0.2, -0.15) is 0 Å². The van der Waals surface area contributed by atoms with Crippen LogP contribution in [0.1, 0.15) is 12.5 Å². The minimum absolute atomic E-state index is 0.203. The molecule has 0 radical (unpaired) electrons. The van der Waals surface area contributed by atoms with Crippen molar-refractivity contribution in [1.29, 1.82) is 0 Å². The van der Waals surface area contributed by atoms with E-state index in [2.05, 4.69) is 54.7 Å². The van der Waals surface area contributed by atoms with E-state index in [1.807, 2.05) is 7.05 Å². The van der Waals surface area contributed by atoms with Crippen LogP contribution in [0.2, 0.25) is 0 Å². The Balaban J connectivity index is 2.30. The highest BCUT2D eigenvalue weighted by molar-refractivity contribution is 5.85. The highest BCUT2D eigenvalue weighted by atomic mass is 16.5. The van der Waals surface area contributed by atoms with E-state index in [1.165, 1.54) is 16.3 Å². The molecule has 0 aliphatic heterocycles. The fourth-order valence-corrected chi connectivity index (χ4v) is 2.37. The number of nitrogens with one attached hydrogen (secondary N) is 1. The van der Waals surface area contributed by atoms with E-state index in [4.69, 9.17) is 4.74 Å². The van der Waals surface area contributed by atoms with Gasteiger partial charge in [0.15, 0.2) is 0 Å². The molecule has 18 heavy (non-hydrogen) atoms. The minimum Gasteiger partial charge on any atom is -0.380 e. The molecule has 2 nitrogen and oxygen atoms in total. The molecule has 0 aliphatic carbocycles. The summed E-state index contributed by atoms with van der Waals surface area (Å²) in [7, 11) is 3.75. The molecule has 2 aromatic carbocycles. The average molecular weight is 243 g/mol. The van der Waals surface area contributed by atoms with Gasteiger partial charge in [-0.1, -0.05) is 42.5 Å². The smallest absolute Gasteiger partial charge is 0.0699 e. The fraction of sp³-hybridized carbons (Fsp3) is 0.375. The highest BCUT2D eigenvalue weighted by Gasteiger charge is 2.16. The third kappa shape index (κ3) is 2.71. The predicted octanol–water partition coefficient (Wildman–Crippen LogP) is 3.01. The molecule has 0 amide bonds. The zero-order valence-electron chi connectivity index (χ0n) is 11.3. The molecule has 2 aromatic rings. The van der Waals surface area contributed by atoms with Crippen molar-refractivity contribution in [3.05, 3.63) is 48.0 Å². The van der Waals surface area contributed by atoms with Crippen molar-refractivity contribution in [2.45, 2.75) is 25.5 Å². The van der Waals surface area contributed by atoms with Gasteiger partial charge in [0.1, 0.15) is 0 Å². The maximum absolute atomic E-state index is 5.42. The Hall–Kier alpha value is -1.38. The first-order valence-electron chi connectivity index (χ1n) is 6.43. The highest BCUT2D eigenvalue weighted by Crippen LogP contribution is 2.20. The van der Waals surface area contributed by atoms with Gasteiger partial charge in [0.25, 0.3) is 0 Å². The third-order valence-corrected chi connectivity index (χ3v) is 3.63. The van der Waals surface area contributed by atoms with Gasteiger partial charge >= 0.3 is 0 Å². The Kier molecular flexibility index (Phi) is 4.34. The Morgan fingerprint density at radius 2 is 1.83 bits per heavy atom. The van der Waals surface area contributed by atoms with Crippen LogP contribution >= 0.6 is 0 Å². The summed E-state index contributed by atoms with van der Waals surface area (Å²) in [5.74, 6) is 0. The van der Waals surface area contributed by atoms with Crippen LogP contribution in [0, 0.1) is 0 Å². The summed E-state index contributed by atoms with van der Waals surface area (Å²) in [6.45, 7) is 2.10. The number of methoxy groups -OCH3 is 1. The van der Waals surface area contributed by atoms with Gasteiger partial charge in [0.05, 0.1) is 6.10 Å². The van der Waals surface area contributed by atoms with Crippen LogP contribution in [0.3, 0.4) is 0 Å². The number of ether oxygens (including phenoxy) is 1. The van der Waals surface area contributed by atoms with Gasteiger partial charge in [-0.05, 0) is 36.7 Å². The lowest BCUT2D eigenvalue weighted by molar-refractivity contribution is 0.0858. The molecule has 0 spiro atoms. The Morgan fingerprint density at radius 1 is 1.11 bits per heavy atom. The first-order chi connectivity index (χ1) is 8.76. The maximum atomic E-state index is 5.42. The van der Waals surface area contributed by atoms with Gasteiger partial charge in [-0.15, -0.1) is 0 Å². The first-order valence-corrected chi connectivity index (χ1v) is 6.43. The van der Waals surface area contributed by atoms with Crippen LogP contribution in [0.15, 0.2) is 42.5 Å². The number of hydrogen-bond donors (Lipinski definition) is 1. The summed E-state index contributed by atoms with van der Waals surface area (Å²) in [6.07, 6.45) is 1.18. The van der Waals surface area contributed by atoms with Gasteiger partial charge in [0.2, 0.25) is 0 Å². The number of hydrogen-bond acceptors (Lipinski definition) is 2. The SMILES string of the molecule is CNC(Cc1cccc2ccccc12)C(C)OC. The lowest BCUT2D eigenvalue weighted by Gasteiger charge is -2.23. The molecule has 0 saturated heterocycles. The number of benzene rings is 2. The van der Waals surface area contributed by atoms with Gasteiger partial charge < -0.3 is 10.1 Å². The van der Waals surface area contributed by atoms with Crippen molar-refractivity contribution >= 4 is 10.8 Å². The molecule has 0 saturated carbocycles. The van der Waals surface area contributed by atoms with E-state index in [0.717, 1.165) is 6.42 Å². The van der Waals surface area contributed by atoms with Crippen molar-refractivity contribution in [1.82, 2.24) is 5.32 Å². The summed E-state index contributed by atoms with van der Waals surface area (Å²) in [4.78, 5) is 0. The minimum atomic E-state index is 0.203. The second-order valence-electron chi connectivity index (χ2n) is 4.68. The van der Waals surface area contributed by atoms with Crippen LogP contribution in [0.25, 0.3) is 10.8 Å². The maximum Gasteiger partial charge on any atom is 0.0699 e. The number of fused-ring (bicyclic) bond motifs is 1. The van der Waals surface area contributed by atoms with E-state index in [0.29, 0.717) is 6.04 Å². The van der Waals surface area contributed by atoms with E-state index in [-0.39, 0.29) is 6.10 Å². The van der Waals surface area contributed by atoms with Crippen LogP contribution in [0.5, 0.6) is 0 Å². The number of rotatable bonds is 5. The topological polar surface area (TPSA) is 21.3 Å². The van der Waals surface area contributed by atoms with Crippen molar-refractivity contribution in [3.8, 4) is 0 Å². The normalized spacial score (nSPS) is 14.6. The average Bonchev–Trinajstić information content (AvgIpc) is 2.44. The van der Waals surface area contributed by atoms with Gasteiger partial charge in [0, 0.05) is 13.2 Å². The summed E-state index contributed by atoms with van der Waals surface area (Å²) in [5.41, 5.74) is 1.37. The van der Waals surface area contributed by atoms with Crippen molar-refractivity contribution in [2.75, 3.05) is 14.2 Å². The molecule has 2 unspecified atom stereocenters. The van der Waals surface area contributed by atoms with E-state index < -0.39 is 0 Å². The van der Waals surface area contributed by atoms with Gasteiger partial charge in [-0.25, -0.2) is 0 Å². The molecule has 2 rings (SSSR count). The quantitative estimate of drug-likeness (QED) is 0.871. The molecule has 0 fully saturated rings. The van der Waals surface area contributed by atoms with Crippen molar-refractivity contribution in [2.24, 2.45) is 0 Å². The fourth-order valence-electron chi connectivity index (χ4n) is 2.37. The molecule has 0 bridgehead atoms. The van der Waals surface area contributed by atoms with Gasteiger partial charge in [-0.3, -0.25) is 0 Å². The molecule has 0 heterocycles. The third-order valence-electron chi connectivity index (χ3n) is 3.63. The summed E-state index contributed by atoms with van der Waals surface area (Å²) in [5, 5.41) is 5.98. The standard InChI is InChI=1S/C16H21NO/c1-12(18-3)16(17-2)11-14-9-6-8-13-7-4-5-10-15(13)14/h4-10,12,16-17H,11H2,1-3H3. The molecule has 2 heteroatoms. The van der Waals surface area contributed by atoms with Crippen molar-refractivity contribution < 1.29 is 4.74 Å². The van der Waals surface area contributed by atoms with Crippen LogP contribution in [-0.2, 0) is 11.2 Å². The zero-order valence-corrected chi connectivity index (χ0v) is 11.3. The largest absolute Gasteiger partial charge is 0.380 e. The molecular formula is C16H21NO. The van der Waals surface area contributed by atoms with Crippen molar-refractivity contribution in [3.63, 3.8) is 0 Å². The predicted molar refractivity (Wildman–Crippen MR) is 77.0 cm³/mol. The molecular weight excluding hydrogens is 222 g/mol. The Morgan fingerprint density at radius 3 is 2.56 bits per heavy atom. The monoisotopic (exact) mass is 243 g/mol. The lowest BCUT2D eigenvalue weighted by Crippen LogP contribution is -2.38. The Labute approximate surface area is 109 Å². The van der Waals surface area contributed by atoms with Crippen LogP contribution in [0.4, 0.5) is 0 Å². The summed E-state index contributed by atoms with van der Waals surface area (Å²) < 4.78 is 5.42. The van der Waals surface area contributed by atoms with E-state index in [9.17, 15) is 0 Å². The Bertz CT molecular complexity index is 504. The molecule has 0 aliphatic rings. The zero-order chi connectivity index (χ0) is 13.0. The molecule has 96 valence electrons. The molecule has 2 atom stereocenters. The second-order valence-corrected chi connectivity index (χ2v) is 4.68. The summed E-state index contributed by atoms with van der Waals surface area (Å²) in [6, 6.07) is 15.4. The summed E-state index contributed by atoms with van der Waals surface area (Å²) >= 11 is 0. The van der Waals surface area contributed by atoms with E-state index >= 15 is 0 Å². The first kappa shape index (κ1) is 13.1.